The number of methoxy groups -OCH3 is 1. The highest BCUT2D eigenvalue weighted by Gasteiger charge is 2.16. The van der Waals surface area contributed by atoms with Gasteiger partial charge in [-0.05, 0) is 80.6 Å². The molecule has 0 radical (unpaired) electrons. The van der Waals surface area contributed by atoms with Crippen LogP contribution >= 0.6 is 0 Å². The fourth-order valence-corrected chi connectivity index (χ4v) is 4.92. The highest BCUT2D eigenvalue weighted by atomic mass is 16.5. The maximum Gasteiger partial charge on any atom is 0.257 e. The van der Waals surface area contributed by atoms with Crippen molar-refractivity contribution in [2.45, 2.75) is 33.0 Å². The average Bonchev–Trinajstić information content (AvgIpc) is 3.02. The summed E-state index contributed by atoms with van der Waals surface area (Å²) in [6.45, 7) is 5.44. The van der Waals surface area contributed by atoms with Gasteiger partial charge >= 0.3 is 0 Å². The summed E-state index contributed by atoms with van der Waals surface area (Å²) in [5, 5.41) is 6.68. The maximum atomic E-state index is 13.2. The predicted octanol–water partition coefficient (Wildman–Crippen LogP) is 7.17. The molecule has 2 amide bonds. The SMILES string of the molecule is COc1ccc(CN(C)Cc2ccc(NC(=O)c3ccccc3NC(=O)c3cnc4ccccc4c3)cc2)cc1OC(C)C. The largest absolute Gasteiger partial charge is 0.493 e. The van der Waals surface area contributed by atoms with Crippen LogP contribution in [-0.4, -0.2) is 42.0 Å². The summed E-state index contributed by atoms with van der Waals surface area (Å²) in [5.74, 6) is 0.798. The number of benzene rings is 4. The summed E-state index contributed by atoms with van der Waals surface area (Å²) in [6.07, 6.45) is 1.59. The van der Waals surface area contributed by atoms with Crippen LogP contribution < -0.4 is 20.1 Å². The molecule has 1 aromatic heterocycles. The fraction of sp³-hybridized carbons (Fsp3) is 0.194. The Morgan fingerprint density at radius 2 is 1.50 bits per heavy atom. The van der Waals surface area contributed by atoms with Crippen molar-refractivity contribution in [3.63, 3.8) is 0 Å². The van der Waals surface area contributed by atoms with Gasteiger partial charge in [-0.1, -0.05) is 48.5 Å². The number of para-hydroxylation sites is 2. The van der Waals surface area contributed by atoms with E-state index in [0.29, 0.717) is 22.5 Å². The number of hydrogen-bond acceptors (Lipinski definition) is 6. The molecule has 0 atom stereocenters. The van der Waals surface area contributed by atoms with Crippen LogP contribution in [0.3, 0.4) is 0 Å². The molecule has 0 fully saturated rings. The standard InChI is InChI=1S/C36H36N4O4/c1-24(2)44-34-19-26(15-18-33(34)43-4)23-40(3)22-25-13-16-29(17-14-25)38-36(42)30-10-6-8-12-32(30)39-35(41)28-20-27-9-5-7-11-31(27)37-21-28/h5-21,24H,22-23H2,1-4H3,(H,38,42)(H,39,41). The van der Waals surface area contributed by atoms with Gasteiger partial charge in [0, 0.05) is 30.4 Å². The second kappa shape index (κ2) is 13.8. The van der Waals surface area contributed by atoms with E-state index in [4.69, 9.17) is 9.47 Å². The molecular formula is C36H36N4O4. The third-order valence-electron chi connectivity index (χ3n) is 6.98. The van der Waals surface area contributed by atoms with Crippen LogP contribution in [0.2, 0.25) is 0 Å². The van der Waals surface area contributed by atoms with Crippen LogP contribution in [-0.2, 0) is 13.1 Å². The first-order valence-corrected chi connectivity index (χ1v) is 14.5. The van der Waals surface area contributed by atoms with E-state index in [1.54, 1.807) is 37.4 Å². The molecule has 5 aromatic rings. The Kier molecular flexibility index (Phi) is 9.52. The quantitative estimate of drug-likeness (QED) is 0.170. The summed E-state index contributed by atoms with van der Waals surface area (Å²) in [4.78, 5) is 32.8. The number of fused-ring (bicyclic) bond motifs is 1. The molecule has 0 spiro atoms. The van der Waals surface area contributed by atoms with Gasteiger partial charge in [0.2, 0.25) is 0 Å². The van der Waals surface area contributed by atoms with Gasteiger partial charge in [-0.15, -0.1) is 0 Å². The van der Waals surface area contributed by atoms with Crippen molar-refractivity contribution in [1.29, 1.82) is 0 Å². The van der Waals surface area contributed by atoms with Crippen molar-refractivity contribution in [1.82, 2.24) is 9.88 Å². The van der Waals surface area contributed by atoms with Crippen molar-refractivity contribution < 1.29 is 19.1 Å². The minimum atomic E-state index is -0.338. The second-order valence-electron chi connectivity index (χ2n) is 10.9. The number of carbonyl (C=O) groups is 2. The third kappa shape index (κ3) is 7.59. The topological polar surface area (TPSA) is 92.8 Å². The minimum Gasteiger partial charge on any atom is -0.493 e. The molecule has 0 aliphatic rings. The molecule has 44 heavy (non-hydrogen) atoms. The summed E-state index contributed by atoms with van der Waals surface area (Å²) in [7, 11) is 3.70. The van der Waals surface area contributed by atoms with E-state index in [0.717, 1.165) is 46.6 Å². The van der Waals surface area contributed by atoms with Crippen LogP contribution in [0.5, 0.6) is 11.5 Å². The smallest absolute Gasteiger partial charge is 0.257 e. The number of nitrogens with one attached hydrogen (secondary N) is 2. The minimum absolute atomic E-state index is 0.0519. The van der Waals surface area contributed by atoms with Crippen LogP contribution in [0, 0.1) is 0 Å². The van der Waals surface area contributed by atoms with Crippen LogP contribution in [0.1, 0.15) is 45.7 Å². The molecule has 0 bridgehead atoms. The Bertz CT molecular complexity index is 1770. The monoisotopic (exact) mass is 588 g/mol. The second-order valence-corrected chi connectivity index (χ2v) is 10.9. The van der Waals surface area contributed by atoms with E-state index in [9.17, 15) is 9.59 Å². The zero-order valence-corrected chi connectivity index (χ0v) is 25.3. The summed E-state index contributed by atoms with van der Waals surface area (Å²) >= 11 is 0. The van der Waals surface area contributed by atoms with Crippen LogP contribution in [0.4, 0.5) is 11.4 Å². The number of aromatic nitrogens is 1. The van der Waals surface area contributed by atoms with Crippen molar-refractivity contribution in [2.75, 3.05) is 24.8 Å². The Labute approximate surface area is 257 Å². The molecular weight excluding hydrogens is 552 g/mol. The van der Waals surface area contributed by atoms with Crippen molar-refractivity contribution in [3.05, 3.63) is 126 Å². The maximum absolute atomic E-state index is 13.2. The normalized spacial score (nSPS) is 11.0. The summed E-state index contributed by atoms with van der Waals surface area (Å²) in [6, 6.07) is 30.1. The van der Waals surface area contributed by atoms with E-state index in [-0.39, 0.29) is 17.9 Å². The van der Waals surface area contributed by atoms with Crippen LogP contribution in [0.25, 0.3) is 10.9 Å². The molecule has 224 valence electrons. The average molecular weight is 589 g/mol. The first-order chi connectivity index (χ1) is 21.3. The van der Waals surface area contributed by atoms with Crippen molar-refractivity contribution in [3.8, 4) is 11.5 Å². The van der Waals surface area contributed by atoms with Gasteiger partial charge in [-0.3, -0.25) is 19.5 Å². The highest BCUT2D eigenvalue weighted by Crippen LogP contribution is 2.29. The number of pyridine rings is 1. The Morgan fingerprint density at radius 1 is 0.795 bits per heavy atom. The molecule has 2 N–H and O–H groups in total. The Morgan fingerprint density at radius 3 is 2.27 bits per heavy atom. The van der Waals surface area contributed by atoms with Gasteiger partial charge in [0.15, 0.2) is 11.5 Å². The number of amides is 2. The number of hydrogen-bond donors (Lipinski definition) is 2. The molecule has 4 aromatic carbocycles. The molecule has 0 saturated heterocycles. The molecule has 0 unspecified atom stereocenters. The number of rotatable bonds is 11. The first-order valence-electron chi connectivity index (χ1n) is 14.5. The summed E-state index contributed by atoms with van der Waals surface area (Å²) < 4.78 is 11.3. The molecule has 0 aliphatic heterocycles. The van der Waals surface area contributed by atoms with Gasteiger partial charge in [0.1, 0.15) is 0 Å². The van der Waals surface area contributed by atoms with E-state index in [1.165, 1.54) is 6.20 Å². The lowest BCUT2D eigenvalue weighted by atomic mass is 10.1. The number of anilines is 2. The van der Waals surface area contributed by atoms with Gasteiger partial charge < -0.3 is 20.1 Å². The molecule has 8 nitrogen and oxygen atoms in total. The molecule has 8 heteroatoms. The molecule has 0 aliphatic carbocycles. The van der Waals surface area contributed by atoms with E-state index >= 15 is 0 Å². The highest BCUT2D eigenvalue weighted by molar-refractivity contribution is 6.13. The van der Waals surface area contributed by atoms with E-state index in [1.807, 2.05) is 80.6 Å². The fourth-order valence-electron chi connectivity index (χ4n) is 4.92. The lowest BCUT2D eigenvalue weighted by Crippen LogP contribution is -2.19. The third-order valence-corrected chi connectivity index (χ3v) is 6.98. The predicted molar refractivity (Wildman–Crippen MR) is 174 cm³/mol. The van der Waals surface area contributed by atoms with Crippen molar-refractivity contribution >= 4 is 34.1 Å². The van der Waals surface area contributed by atoms with E-state index < -0.39 is 0 Å². The van der Waals surface area contributed by atoms with Gasteiger partial charge in [-0.25, -0.2) is 0 Å². The zero-order chi connectivity index (χ0) is 31.1. The number of nitrogens with zero attached hydrogens (tertiary/aromatic N) is 2. The summed E-state index contributed by atoms with van der Waals surface area (Å²) in [5.41, 5.74) is 4.89. The zero-order valence-electron chi connectivity index (χ0n) is 25.3. The van der Waals surface area contributed by atoms with Gasteiger partial charge in [0.25, 0.3) is 11.8 Å². The van der Waals surface area contributed by atoms with Gasteiger partial charge in [-0.2, -0.15) is 0 Å². The van der Waals surface area contributed by atoms with Crippen LogP contribution in [0.15, 0.2) is 103 Å². The van der Waals surface area contributed by atoms with E-state index in [2.05, 4.69) is 27.6 Å². The Hall–Kier alpha value is -5.21. The molecule has 1 heterocycles. The van der Waals surface area contributed by atoms with Crippen molar-refractivity contribution in [2.24, 2.45) is 0 Å². The Balaban J connectivity index is 1.20. The first kappa shape index (κ1) is 30.3. The number of carbonyl (C=O) groups excluding carboxylic acids is 2. The van der Waals surface area contributed by atoms with Gasteiger partial charge in [0.05, 0.1) is 35.5 Å². The molecule has 0 saturated carbocycles. The molecule has 5 rings (SSSR count). The number of ether oxygens (including phenoxy) is 2. The lowest BCUT2D eigenvalue weighted by Gasteiger charge is -2.19. The lowest BCUT2D eigenvalue weighted by molar-refractivity contribution is 0.102.